The van der Waals surface area contributed by atoms with E-state index in [1.54, 1.807) is 42.1 Å². The quantitative estimate of drug-likeness (QED) is 0.439. The first-order valence-corrected chi connectivity index (χ1v) is 12.3. The number of aryl methyl sites for hydroxylation is 2. The Balaban J connectivity index is 1.74. The lowest BCUT2D eigenvalue weighted by molar-refractivity contribution is 0.102. The van der Waals surface area contributed by atoms with E-state index in [1.165, 1.54) is 12.1 Å². The van der Waals surface area contributed by atoms with E-state index in [-0.39, 0.29) is 10.8 Å². The van der Waals surface area contributed by atoms with Crippen molar-refractivity contribution in [2.24, 2.45) is 0 Å². The van der Waals surface area contributed by atoms with E-state index in [9.17, 15) is 13.2 Å². The van der Waals surface area contributed by atoms with E-state index >= 15 is 0 Å². The van der Waals surface area contributed by atoms with Crippen LogP contribution in [0.2, 0.25) is 0 Å². The van der Waals surface area contributed by atoms with Crippen molar-refractivity contribution in [1.82, 2.24) is 0 Å². The van der Waals surface area contributed by atoms with E-state index in [2.05, 4.69) is 23.9 Å². The van der Waals surface area contributed by atoms with Gasteiger partial charge in [-0.15, -0.1) is 11.8 Å². The molecule has 0 heterocycles. The lowest BCUT2D eigenvalue weighted by Gasteiger charge is -2.12. The summed E-state index contributed by atoms with van der Waals surface area (Å²) in [5, 5.41) is 3.20. The lowest BCUT2D eigenvalue weighted by Crippen LogP contribution is -2.15. The van der Waals surface area contributed by atoms with Crippen molar-refractivity contribution in [3.05, 3.63) is 83.4 Å². The largest absolute Gasteiger partial charge is 0.322 e. The van der Waals surface area contributed by atoms with Crippen LogP contribution in [0, 0.1) is 13.8 Å². The van der Waals surface area contributed by atoms with Crippen molar-refractivity contribution in [3.63, 3.8) is 0 Å². The number of anilines is 2. The Kier molecular flexibility index (Phi) is 7.08. The summed E-state index contributed by atoms with van der Waals surface area (Å²) in [5.74, 6) is -0.229. The van der Waals surface area contributed by atoms with Crippen LogP contribution in [0.3, 0.4) is 0 Å². The van der Waals surface area contributed by atoms with Gasteiger partial charge in [0.05, 0.1) is 10.5 Å². The van der Waals surface area contributed by atoms with Gasteiger partial charge in [0.15, 0.2) is 0 Å². The molecule has 7 heteroatoms. The van der Waals surface area contributed by atoms with Crippen LogP contribution in [-0.4, -0.2) is 19.6 Å². The summed E-state index contributed by atoms with van der Waals surface area (Å²) in [6.07, 6.45) is 0. The van der Waals surface area contributed by atoms with Crippen molar-refractivity contribution in [2.75, 3.05) is 10.0 Å². The highest BCUT2D eigenvalue weighted by Crippen LogP contribution is 2.27. The minimum absolute atomic E-state index is 0.125. The second-order valence-electron chi connectivity index (χ2n) is 7.55. The number of carbonyl (C=O) groups excluding carboxylic acids is 1. The number of carbonyl (C=O) groups is 1. The number of benzene rings is 3. The highest BCUT2D eigenvalue weighted by atomic mass is 32.2. The van der Waals surface area contributed by atoms with Gasteiger partial charge in [0.1, 0.15) is 0 Å². The molecule has 0 aliphatic rings. The lowest BCUT2D eigenvalue weighted by atomic mass is 10.1. The molecule has 31 heavy (non-hydrogen) atoms. The van der Waals surface area contributed by atoms with E-state index in [0.29, 0.717) is 22.2 Å². The van der Waals surface area contributed by atoms with E-state index in [4.69, 9.17) is 0 Å². The normalized spacial score (nSPS) is 11.4. The van der Waals surface area contributed by atoms with Crippen molar-refractivity contribution in [2.45, 2.75) is 42.7 Å². The number of hydrogen-bond donors (Lipinski definition) is 2. The molecular weight excluding hydrogens is 428 g/mol. The Bertz CT molecular complexity index is 1190. The second kappa shape index (κ2) is 9.58. The first-order chi connectivity index (χ1) is 14.7. The first kappa shape index (κ1) is 22.9. The third kappa shape index (κ3) is 5.89. The molecule has 0 unspecified atom stereocenters. The average molecular weight is 455 g/mol. The molecule has 5 nitrogen and oxygen atoms in total. The van der Waals surface area contributed by atoms with Gasteiger partial charge < -0.3 is 5.32 Å². The molecular formula is C24H26N2O3S2. The standard InChI is InChI=1S/C24H26N2O3S2/c1-16(2)30-23-8-6-5-7-22(23)24(27)25-19-11-13-21(14-12-19)31(28,29)26-20-10-9-17(3)18(4)15-20/h5-16,26H,1-4H3,(H,25,27). The van der Waals surface area contributed by atoms with Gasteiger partial charge >= 0.3 is 0 Å². The Morgan fingerprint density at radius 2 is 1.52 bits per heavy atom. The summed E-state index contributed by atoms with van der Waals surface area (Å²) < 4.78 is 28.0. The van der Waals surface area contributed by atoms with Crippen molar-refractivity contribution >= 4 is 39.1 Å². The molecule has 3 aromatic rings. The molecule has 1 amide bonds. The molecule has 3 aromatic carbocycles. The van der Waals surface area contributed by atoms with Crippen LogP contribution in [0.25, 0.3) is 0 Å². The minimum Gasteiger partial charge on any atom is -0.322 e. The molecule has 0 bridgehead atoms. The highest BCUT2D eigenvalue weighted by Gasteiger charge is 2.16. The summed E-state index contributed by atoms with van der Waals surface area (Å²) in [7, 11) is -3.73. The van der Waals surface area contributed by atoms with Crippen LogP contribution in [0.15, 0.2) is 76.5 Å². The van der Waals surface area contributed by atoms with Crippen molar-refractivity contribution < 1.29 is 13.2 Å². The number of hydrogen-bond acceptors (Lipinski definition) is 4. The van der Waals surface area contributed by atoms with E-state index < -0.39 is 10.0 Å². The van der Waals surface area contributed by atoms with Gasteiger partial charge in [0, 0.05) is 21.5 Å². The number of thioether (sulfide) groups is 1. The number of nitrogens with one attached hydrogen (secondary N) is 2. The molecule has 0 spiro atoms. The summed E-state index contributed by atoms with van der Waals surface area (Å²) in [6.45, 7) is 8.05. The summed E-state index contributed by atoms with van der Waals surface area (Å²) in [4.78, 5) is 13.8. The Hall–Kier alpha value is -2.77. The third-order valence-electron chi connectivity index (χ3n) is 4.68. The Labute approximate surface area is 188 Å². The van der Waals surface area contributed by atoms with Gasteiger partial charge in [0.25, 0.3) is 15.9 Å². The highest BCUT2D eigenvalue weighted by molar-refractivity contribution is 8.00. The smallest absolute Gasteiger partial charge is 0.261 e. The zero-order chi connectivity index (χ0) is 22.6. The zero-order valence-electron chi connectivity index (χ0n) is 18.0. The zero-order valence-corrected chi connectivity index (χ0v) is 19.6. The van der Waals surface area contributed by atoms with E-state index in [1.807, 2.05) is 38.1 Å². The van der Waals surface area contributed by atoms with Crippen molar-refractivity contribution in [1.29, 1.82) is 0 Å². The predicted molar refractivity (Wildman–Crippen MR) is 129 cm³/mol. The van der Waals surface area contributed by atoms with Gasteiger partial charge in [-0.05, 0) is 73.5 Å². The Morgan fingerprint density at radius 3 is 2.16 bits per heavy atom. The van der Waals surface area contributed by atoms with Gasteiger partial charge in [0.2, 0.25) is 0 Å². The maximum absolute atomic E-state index is 12.7. The predicted octanol–water partition coefficient (Wildman–Crippen LogP) is 5.86. The summed E-state index contributed by atoms with van der Waals surface area (Å²) in [6, 6.07) is 19.0. The second-order valence-corrected chi connectivity index (χ2v) is 10.8. The summed E-state index contributed by atoms with van der Waals surface area (Å²) in [5.41, 5.74) is 3.74. The minimum atomic E-state index is -3.73. The SMILES string of the molecule is Cc1ccc(NS(=O)(=O)c2ccc(NC(=O)c3ccccc3SC(C)C)cc2)cc1C. The van der Waals surface area contributed by atoms with Crippen LogP contribution < -0.4 is 10.0 Å². The monoisotopic (exact) mass is 454 g/mol. The maximum Gasteiger partial charge on any atom is 0.261 e. The van der Waals surface area contributed by atoms with Crippen molar-refractivity contribution in [3.8, 4) is 0 Å². The fourth-order valence-corrected chi connectivity index (χ4v) is 4.95. The fourth-order valence-electron chi connectivity index (χ4n) is 2.95. The molecule has 0 atom stereocenters. The number of rotatable bonds is 7. The van der Waals surface area contributed by atoms with Gasteiger partial charge in [-0.2, -0.15) is 0 Å². The van der Waals surface area contributed by atoms with Crippen LogP contribution in [0.4, 0.5) is 11.4 Å². The van der Waals surface area contributed by atoms with Crippen LogP contribution in [0.1, 0.15) is 35.3 Å². The number of amides is 1. The molecule has 162 valence electrons. The topological polar surface area (TPSA) is 75.3 Å². The van der Waals surface area contributed by atoms with Crippen LogP contribution in [-0.2, 0) is 10.0 Å². The molecule has 0 saturated carbocycles. The first-order valence-electron chi connectivity index (χ1n) is 9.93. The molecule has 0 fully saturated rings. The maximum atomic E-state index is 12.7. The van der Waals surface area contributed by atoms with Crippen LogP contribution in [0.5, 0.6) is 0 Å². The molecule has 3 rings (SSSR count). The van der Waals surface area contributed by atoms with Crippen LogP contribution >= 0.6 is 11.8 Å². The van der Waals surface area contributed by atoms with Gasteiger partial charge in [-0.1, -0.05) is 32.0 Å². The fraction of sp³-hybridized carbons (Fsp3) is 0.208. The average Bonchev–Trinajstić information content (AvgIpc) is 2.71. The third-order valence-corrected chi connectivity index (χ3v) is 7.15. The van der Waals surface area contributed by atoms with E-state index in [0.717, 1.165) is 16.0 Å². The molecule has 0 saturated heterocycles. The molecule has 0 aliphatic heterocycles. The molecule has 2 N–H and O–H groups in total. The molecule has 0 aromatic heterocycles. The Morgan fingerprint density at radius 1 is 0.871 bits per heavy atom. The number of sulfonamides is 1. The summed E-state index contributed by atoms with van der Waals surface area (Å²) >= 11 is 1.62. The molecule has 0 aliphatic carbocycles. The van der Waals surface area contributed by atoms with Gasteiger partial charge in [-0.3, -0.25) is 9.52 Å². The molecule has 0 radical (unpaired) electrons. The van der Waals surface area contributed by atoms with Gasteiger partial charge in [-0.25, -0.2) is 8.42 Å².